The minimum Gasteiger partial charge on any atom is -0.465 e. The molecule has 0 spiro atoms. The first-order chi connectivity index (χ1) is 6.43. The van der Waals surface area contributed by atoms with E-state index in [0.29, 0.717) is 0 Å². The fourth-order valence-corrected chi connectivity index (χ4v) is 0.908. The number of hydrogen-bond donors (Lipinski definition) is 0. The van der Waals surface area contributed by atoms with Crippen LogP contribution in [0.2, 0.25) is 0 Å². The standard InChI is InChI=1S/C12H14O/c1-2-3-4-8-11-13-12-9-6-5-7-10-12/h2,5-11H,1,3-4H2. The zero-order valence-corrected chi connectivity index (χ0v) is 7.65. The van der Waals surface area contributed by atoms with Crippen LogP contribution in [0.15, 0.2) is 55.3 Å². The number of hydrogen-bond acceptors (Lipinski definition) is 1. The van der Waals surface area contributed by atoms with E-state index in [4.69, 9.17) is 4.74 Å². The molecule has 0 atom stereocenters. The normalized spacial score (nSPS) is 10.2. The van der Waals surface area contributed by atoms with Gasteiger partial charge in [0.2, 0.25) is 0 Å². The smallest absolute Gasteiger partial charge is 0.126 e. The third-order valence-corrected chi connectivity index (χ3v) is 1.58. The molecule has 0 fully saturated rings. The summed E-state index contributed by atoms with van der Waals surface area (Å²) >= 11 is 0. The van der Waals surface area contributed by atoms with Gasteiger partial charge in [0.05, 0.1) is 6.26 Å². The van der Waals surface area contributed by atoms with Crippen molar-refractivity contribution in [2.24, 2.45) is 0 Å². The molecule has 0 aromatic heterocycles. The van der Waals surface area contributed by atoms with Crippen molar-refractivity contribution in [1.29, 1.82) is 0 Å². The van der Waals surface area contributed by atoms with Gasteiger partial charge in [-0.05, 0) is 31.1 Å². The molecule has 1 aromatic carbocycles. The third kappa shape index (κ3) is 4.16. The first-order valence-corrected chi connectivity index (χ1v) is 4.41. The number of unbranched alkanes of at least 4 members (excludes halogenated alkanes) is 1. The van der Waals surface area contributed by atoms with Crippen LogP contribution < -0.4 is 4.74 Å². The summed E-state index contributed by atoms with van der Waals surface area (Å²) in [4.78, 5) is 0. The molecular weight excluding hydrogens is 160 g/mol. The Hall–Kier alpha value is -1.50. The summed E-state index contributed by atoms with van der Waals surface area (Å²) in [6.45, 7) is 3.64. The predicted molar refractivity (Wildman–Crippen MR) is 55.6 cm³/mol. The second kappa shape index (κ2) is 6.06. The van der Waals surface area contributed by atoms with Gasteiger partial charge in [0.15, 0.2) is 0 Å². The Morgan fingerprint density at radius 1 is 1.15 bits per heavy atom. The summed E-state index contributed by atoms with van der Waals surface area (Å²) in [5.41, 5.74) is 0. The quantitative estimate of drug-likeness (QED) is 0.377. The Morgan fingerprint density at radius 2 is 1.92 bits per heavy atom. The van der Waals surface area contributed by atoms with Gasteiger partial charge in [0, 0.05) is 0 Å². The lowest BCUT2D eigenvalue weighted by molar-refractivity contribution is 0.479. The molecular formula is C12H14O. The maximum Gasteiger partial charge on any atom is 0.126 e. The van der Waals surface area contributed by atoms with E-state index < -0.39 is 0 Å². The fraction of sp³-hybridized carbons (Fsp3) is 0.167. The average molecular weight is 174 g/mol. The largest absolute Gasteiger partial charge is 0.465 e. The van der Waals surface area contributed by atoms with Gasteiger partial charge in [-0.15, -0.1) is 6.58 Å². The zero-order chi connectivity index (χ0) is 9.36. The molecule has 0 aliphatic carbocycles. The highest BCUT2D eigenvalue weighted by Gasteiger charge is 1.84. The number of rotatable bonds is 5. The van der Waals surface area contributed by atoms with Crippen molar-refractivity contribution in [3.8, 4) is 5.75 Å². The number of allylic oxidation sites excluding steroid dienone is 2. The van der Waals surface area contributed by atoms with Gasteiger partial charge in [-0.25, -0.2) is 0 Å². The molecule has 0 heterocycles. The first kappa shape index (κ1) is 9.59. The predicted octanol–water partition coefficient (Wildman–Crippen LogP) is 3.55. The summed E-state index contributed by atoms with van der Waals surface area (Å²) in [5.74, 6) is 0.873. The minimum atomic E-state index is 0.873. The molecule has 0 unspecified atom stereocenters. The van der Waals surface area contributed by atoms with Crippen LogP contribution in [0.3, 0.4) is 0 Å². The summed E-state index contributed by atoms with van der Waals surface area (Å²) in [5, 5.41) is 0. The highest BCUT2D eigenvalue weighted by Crippen LogP contribution is 2.08. The molecule has 0 amide bonds. The Kier molecular flexibility index (Phi) is 4.47. The highest BCUT2D eigenvalue weighted by atomic mass is 16.5. The molecule has 1 aromatic rings. The van der Waals surface area contributed by atoms with E-state index in [0.717, 1.165) is 18.6 Å². The molecule has 0 saturated heterocycles. The van der Waals surface area contributed by atoms with Gasteiger partial charge in [0.25, 0.3) is 0 Å². The first-order valence-electron chi connectivity index (χ1n) is 4.41. The van der Waals surface area contributed by atoms with Gasteiger partial charge in [-0.1, -0.05) is 24.3 Å². The monoisotopic (exact) mass is 174 g/mol. The van der Waals surface area contributed by atoms with E-state index in [2.05, 4.69) is 6.58 Å². The molecule has 68 valence electrons. The van der Waals surface area contributed by atoms with Crippen molar-refractivity contribution in [3.05, 3.63) is 55.3 Å². The van der Waals surface area contributed by atoms with Gasteiger partial charge in [0.1, 0.15) is 5.75 Å². The Labute approximate surface area is 79.4 Å². The van der Waals surface area contributed by atoms with Gasteiger partial charge >= 0.3 is 0 Å². The van der Waals surface area contributed by atoms with E-state index in [1.807, 2.05) is 42.5 Å². The van der Waals surface area contributed by atoms with E-state index in [9.17, 15) is 0 Å². The lowest BCUT2D eigenvalue weighted by Crippen LogP contribution is -1.79. The topological polar surface area (TPSA) is 9.23 Å². The minimum absolute atomic E-state index is 0.873. The Bertz CT molecular complexity index is 262. The van der Waals surface area contributed by atoms with E-state index in [1.54, 1.807) is 6.26 Å². The van der Waals surface area contributed by atoms with Crippen molar-refractivity contribution in [1.82, 2.24) is 0 Å². The van der Waals surface area contributed by atoms with Crippen LogP contribution in [-0.2, 0) is 0 Å². The molecule has 0 saturated carbocycles. The Morgan fingerprint density at radius 3 is 2.62 bits per heavy atom. The lowest BCUT2D eigenvalue weighted by atomic mass is 10.3. The average Bonchev–Trinajstić information content (AvgIpc) is 2.19. The highest BCUT2D eigenvalue weighted by molar-refractivity contribution is 5.21. The second-order valence-corrected chi connectivity index (χ2v) is 2.67. The van der Waals surface area contributed by atoms with Crippen molar-refractivity contribution in [2.45, 2.75) is 12.8 Å². The second-order valence-electron chi connectivity index (χ2n) is 2.67. The molecule has 0 aliphatic heterocycles. The summed E-state index contributed by atoms with van der Waals surface area (Å²) in [6.07, 6.45) is 7.59. The maximum atomic E-state index is 5.34. The van der Waals surface area contributed by atoms with E-state index in [-0.39, 0.29) is 0 Å². The molecule has 13 heavy (non-hydrogen) atoms. The van der Waals surface area contributed by atoms with Crippen LogP contribution in [0, 0.1) is 0 Å². The molecule has 0 N–H and O–H groups in total. The van der Waals surface area contributed by atoms with Gasteiger partial charge in [-0.2, -0.15) is 0 Å². The van der Waals surface area contributed by atoms with E-state index in [1.165, 1.54) is 0 Å². The number of para-hydroxylation sites is 1. The van der Waals surface area contributed by atoms with E-state index >= 15 is 0 Å². The lowest BCUT2D eigenvalue weighted by Gasteiger charge is -1.97. The summed E-state index contributed by atoms with van der Waals surface area (Å²) in [6, 6.07) is 9.73. The summed E-state index contributed by atoms with van der Waals surface area (Å²) < 4.78 is 5.34. The number of ether oxygens (including phenoxy) is 1. The van der Waals surface area contributed by atoms with Crippen molar-refractivity contribution >= 4 is 0 Å². The molecule has 0 bridgehead atoms. The Balaban J connectivity index is 2.26. The van der Waals surface area contributed by atoms with Crippen LogP contribution in [-0.4, -0.2) is 0 Å². The number of benzene rings is 1. The van der Waals surface area contributed by atoms with Crippen LogP contribution >= 0.6 is 0 Å². The van der Waals surface area contributed by atoms with Gasteiger partial charge < -0.3 is 4.74 Å². The zero-order valence-electron chi connectivity index (χ0n) is 7.65. The van der Waals surface area contributed by atoms with Crippen LogP contribution in [0.1, 0.15) is 12.8 Å². The molecule has 1 heteroatoms. The van der Waals surface area contributed by atoms with Crippen LogP contribution in [0.4, 0.5) is 0 Å². The SMILES string of the molecule is C=CCCC=COc1ccccc1. The molecule has 0 aliphatic rings. The molecule has 1 rings (SSSR count). The summed E-state index contributed by atoms with van der Waals surface area (Å²) in [7, 11) is 0. The molecule has 0 radical (unpaired) electrons. The maximum absolute atomic E-state index is 5.34. The van der Waals surface area contributed by atoms with Crippen LogP contribution in [0.25, 0.3) is 0 Å². The fourth-order valence-electron chi connectivity index (χ4n) is 0.908. The third-order valence-electron chi connectivity index (χ3n) is 1.58. The molecule has 1 nitrogen and oxygen atoms in total. The van der Waals surface area contributed by atoms with Gasteiger partial charge in [-0.3, -0.25) is 0 Å². The van der Waals surface area contributed by atoms with Crippen LogP contribution in [0.5, 0.6) is 5.75 Å². The van der Waals surface area contributed by atoms with Crippen molar-refractivity contribution < 1.29 is 4.74 Å². The van der Waals surface area contributed by atoms with Crippen molar-refractivity contribution in [3.63, 3.8) is 0 Å². The van der Waals surface area contributed by atoms with Crippen molar-refractivity contribution in [2.75, 3.05) is 0 Å².